The van der Waals surface area contributed by atoms with Crippen molar-refractivity contribution in [2.75, 3.05) is 6.61 Å². The van der Waals surface area contributed by atoms with E-state index in [2.05, 4.69) is 26.1 Å². The number of nitrogens with one attached hydrogen (secondary N) is 3. The molecule has 11 nitrogen and oxygen atoms in total. The van der Waals surface area contributed by atoms with Crippen LogP contribution in [-0.4, -0.2) is 64.0 Å². The second-order valence-corrected chi connectivity index (χ2v) is 11.6. The predicted octanol–water partition coefficient (Wildman–Crippen LogP) is 2.73. The largest absolute Gasteiger partial charge is 0.361 e. The number of carbonyl (C=O) groups excluding carboxylic acids is 4. The van der Waals surface area contributed by atoms with Crippen molar-refractivity contribution in [3.63, 3.8) is 0 Å². The van der Waals surface area contributed by atoms with Gasteiger partial charge in [0.1, 0.15) is 23.4 Å². The molecule has 0 radical (unpaired) electrons. The van der Waals surface area contributed by atoms with E-state index in [1.165, 1.54) is 6.07 Å². The molecule has 3 amide bonds. The summed E-state index contributed by atoms with van der Waals surface area (Å²) >= 11 is 0. The highest BCUT2D eigenvalue weighted by molar-refractivity contribution is 5.99. The standard InChI is InChI=1S/C32H39N5O6/c1-20(2)16-25(28(38)32(4)19-42-32)35-30(40)26(18-23-12-14-33-15-13-23)36-29(39)24(11-10-22-8-6-5-7-9-22)34-31(41)27-17-21(3)43-37-27/h5-9,12-15,17,20,24-26H,10-11,16,18-19H2,1-4H3,(H,34,41)(H,35,40)(H,36,39)/t24?,25?,26-,32?/m0/s1. The van der Waals surface area contributed by atoms with E-state index in [0.717, 1.165) is 11.1 Å². The smallest absolute Gasteiger partial charge is 0.274 e. The van der Waals surface area contributed by atoms with Crippen LogP contribution in [0, 0.1) is 12.8 Å². The van der Waals surface area contributed by atoms with E-state index in [1.54, 1.807) is 38.4 Å². The molecule has 3 aromatic rings. The van der Waals surface area contributed by atoms with Gasteiger partial charge in [0.25, 0.3) is 5.91 Å². The molecule has 43 heavy (non-hydrogen) atoms. The molecule has 228 valence electrons. The van der Waals surface area contributed by atoms with E-state index in [1.807, 2.05) is 44.2 Å². The minimum absolute atomic E-state index is 0.0481. The Labute approximate surface area is 251 Å². The summed E-state index contributed by atoms with van der Waals surface area (Å²) < 4.78 is 10.4. The van der Waals surface area contributed by atoms with E-state index in [0.29, 0.717) is 25.2 Å². The van der Waals surface area contributed by atoms with Gasteiger partial charge in [-0.15, -0.1) is 0 Å². The molecule has 3 heterocycles. The molecule has 1 aliphatic rings. The van der Waals surface area contributed by atoms with Gasteiger partial charge < -0.3 is 25.2 Å². The molecule has 0 spiro atoms. The number of ketones is 1. The maximum atomic E-state index is 13.8. The summed E-state index contributed by atoms with van der Waals surface area (Å²) in [5, 5.41) is 12.2. The highest BCUT2D eigenvalue weighted by Crippen LogP contribution is 2.29. The van der Waals surface area contributed by atoms with Gasteiger partial charge in [-0.25, -0.2) is 0 Å². The Morgan fingerprint density at radius 2 is 1.56 bits per heavy atom. The first-order valence-corrected chi connectivity index (χ1v) is 14.5. The van der Waals surface area contributed by atoms with Gasteiger partial charge in [-0.05, 0) is 62.3 Å². The van der Waals surface area contributed by atoms with Gasteiger partial charge in [-0.1, -0.05) is 49.3 Å². The van der Waals surface area contributed by atoms with Crippen molar-refractivity contribution in [3.8, 4) is 0 Å². The number of hydrogen-bond donors (Lipinski definition) is 3. The third kappa shape index (κ3) is 9.05. The first kappa shape index (κ1) is 31.6. The highest BCUT2D eigenvalue weighted by Gasteiger charge is 2.50. The molecule has 1 fully saturated rings. The van der Waals surface area contributed by atoms with Gasteiger partial charge in [0.2, 0.25) is 11.8 Å². The number of aryl methyl sites for hydroxylation is 2. The number of pyridine rings is 1. The average molecular weight is 590 g/mol. The Morgan fingerprint density at radius 3 is 2.16 bits per heavy atom. The molecular formula is C32H39N5O6. The third-order valence-corrected chi connectivity index (χ3v) is 7.31. The molecule has 0 saturated carbocycles. The average Bonchev–Trinajstić information content (AvgIpc) is 3.59. The fourth-order valence-electron chi connectivity index (χ4n) is 4.76. The van der Waals surface area contributed by atoms with Gasteiger partial charge >= 0.3 is 0 Å². The molecule has 4 atom stereocenters. The second kappa shape index (κ2) is 14.2. The number of nitrogens with zero attached hydrogens (tertiary/aromatic N) is 2. The fourth-order valence-corrected chi connectivity index (χ4v) is 4.76. The van der Waals surface area contributed by atoms with Crippen molar-refractivity contribution < 1.29 is 28.4 Å². The Bertz CT molecular complexity index is 1400. The molecule has 1 saturated heterocycles. The van der Waals surface area contributed by atoms with Crippen molar-refractivity contribution in [3.05, 3.63) is 83.5 Å². The predicted molar refractivity (Wildman–Crippen MR) is 158 cm³/mol. The van der Waals surface area contributed by atoms with Crippen LogP contribution in [0.5, 0.6) is 0 Å². The van der Waals surface area contributed by atoms with Crippen molar-refractivity contribution in [2.45, 2.75) is 77.1 Å². The quantitative estimate of drug-likeness (QED) is 0.229. The highest BCUT2D eigenvalue weighted by atomic mass is 16.6. The molecule has 11 heteroatoms. The lowest BCUT2D eigenvalue weighted by Gasteiger charge is -2.26. The number of carbonyl (C=O) groups is 4. The summed E-state index contributed by atoms with van der Waals surface area (Å²) in [6, 6.07) is 11.8. The number of amides is 3. The normalized spacial score (nSPS) is 17.9. The van der Waals surface area contributed by atoms with Crippen LogP contribution >= 0.6 is 0 Å². The van der Waals surface area contributed by atoms with E-state index < -0.39 is 41.4 Å². The van der Waals surface area contributed by atoms with Crippen LogP contribution < -0.4 is 16.0 Å². The van der Waals surface area contributed by atoms with E-state index >= 15 is 0 Å². The summed E-state index contributed by atoms with van der Waals surface area (Å²) in [5.41, 5.74) is 0.890. The lowest BCUT2D eigenvalue weighted by atomic mass is 9.93. The van der Waals surface area contributed by atoms with E-state index in [9.17, 15) is 19.2 Å². The number of aromatic nitrogens is 2. The number of hydrogen-bond acceptors (Lipinski definition) is 8. The second-order valence-electron chi connectivity index (χ2n) is 11.6. The Kier molecular flexibility index (Phi) is 10.4. The molecule has 3 N–H and O–H groups in total. The van der Waals surface area contributed by atoms with Gasteiger partial charge in [-0.3, -0.25) is 24.2 Å². The molecule has 0 aliphatic carbocycles. The number of Topliss-reactive ketones (excluding diaryl/α,β-unsaturated/α-hetero) is 1. The van der Waals surface area contributed by atoms with Gasteiger partial charge in [0.15, 0.2) is 11.5 Å². The maximum Gasteiger partial charge on any atom is 0.274 e. The monoisotopic (exact) mass is 589 g/mol. The Balaban J connectivity index is 1.54. The molecule has 1 aromatic carbocycles. The molecule has 0 bridgehead atoms. The van der Waals surface area contributed by atoms with Crippen LogP contribution in [0.15, 0.2) is 65.4 Å². The Morgan fingerprint density at radius 1 is 0.907 bits per heavy atom. The van der Waals surface area contributed by atoms with Crippen molar-refractivity contribution in [1.29, 1.82) is 0 Å². The Hall–Kier alpha value is -4.38. The lowest BCUT2D eigenvalue weighted by molar-refractivity contribution is -0.133. The van der Waals surface area contributed by atoms with E-state index in [4.69, 9.17) is 9.26 Å². The zero-order chi connectivity index (χ0) is 31.0. The van der Waals surface area contributed by atoms with Gasteiger partial charge in [0.05, 0.1) is 12.6 Å². The molecule has 1 aliphatic heterocycles. The molecular weight excluding hydrogens is 550 g/mol. The number of ether oxygens (including phenoxy) is 1. The van der Waals surface area contributed by atoms with Crippen LogP contribution in [-0.2, 0) is 32.0 Å². The van der Waals surface area contributed by atoms with E-state index in [-0.39, 0.29) is 30.2 Å². The van der Waals surface area contributed by atoms with Crippen LogP contribution in [0.4, 0.5) is 0 Å². The first-order chi connectivity index (χ1) is 20.5. The van der Waals surface area contributed by atoms with Gasteiger partial charge in [0, 0.05) is 24.9 Å². The summed E-state index contributed by atoms with van der Waals surface area (Å²) in [4.78, 5) is 57.7. The topological polar surface area (TPSA) is 156 Å². The minimum Gasteiger partial charge on any atom is -0.361 e. The first-order valence-electron chi connectivity index (χ1n) is 14.5. The minimum atomic E-state index is -1.03. The van der Waals surface area contributed by atoms with Crippen LogP contribution in [0.3, 0.4) is 0 Å². The summed E-state index contributed by atoms with van der Waals surface area (Å²) in [6.07, 6.45) is 4.55. The van der Waals surface area contributed by atoms with Crippen LogP contribution in [0.2, 0.25) is 0 Å². The number of rotatable bonds is 15. The van der Waals surface area contributed by atoms with Crippen LogP contribution in [0.1, 0.15) is 61.0 Å². The SMILES string of the molecule is Cc1cc(C(=O)NC(CCc2ccccc2)C(=O)N[C@@H](Cc2ccncc2)C(=O)NC(CC(C)C)C(=O)C2(C)CO2)no1. The van der Waals surface area contributed by atoms with Crippen molar-refractivity contribution in [1.82, 2.24) is 26.1 Å². The maximum absolute atomic E-state index is 13.8. The summed E-state index contributed by atoms with van der Waals surface area (Å²) in [6.45, 7) is 7.62. The summed E-state index contributed by atoms with van der Waals surface area (Å²) in [5.74, 6) is -1.22. The number of epoxide rings is 1. The molecule has 3 unspecified atom stereocenters. The lowest BCUT2D eigenvalue weighted by Crippen LogP contribution is -2.57. The van der Waals surface area contributed by atoms with Gasteiger partial charge in [-0.2, -0.15) is 0 Å². The zero-order valence-electron chi connectivity index (χ0n) is 25.0. The number of benzene rings is 1. The van der Waals surface area contributed by atoms with Crippen molar-refractivity contribution >= 4 is 23.5 Å². The fraction of sp³-hybridized carbons (Fsp3) is 0.438. The van der Waals surface area contributed by atoms with Crippen molar-refractivity contribution in [2.24, 2.45) is 5.92 Å². The molecule has 2 aromatic heterocycles. The molecule has 4 rings (SSSR count). The van der Waals surface area contributed by atoms with Crippen LogP contribution in [0.25, 0.3) is 0 Å². The third-order valence-electron chi connectivity index (χ3n) is 7.31. The summed E-state index contributed by atoms with van der Waals surface area (Å²) in [7, 11) is 0. The zero-order valence-corrected chi connectivity index (χ0v) is 25.0.